The molecule has 6 aromatic rings. The van der Waals surface area contributed by atoms with Crippen molar-refractivity contribution in [2.75, 3.05) is 18.6 Å². The van der Waals surface area contributed by atoms with E-state index >= 15 is 0 Å². The summed E-state index contributed by atoms with van der Waals surface area (Å²) in [7, 11) is 2.06. The van der Waals surface area contributed by atoms with Gasteiger partial charge in [-0.2, -0.15) is 0 Å². The Labute approximate surface area is 245 Å². The fourth-order valence-corrected chi connectivity index (χ4v) is 5.24. The summed E-state index contributed by atoms with van der Waals surface area (Å²) in [6.07, 6.45) is 6.00. The molecule has 0 bridgehead atoms. The number of anilines is 1. The molecule has 1 aliphatic heterocycles. The van der Waals surface area contributed by atoms with Crippen molar-refractivity contribution in [2.24, 2.45) is 0 Å². The molecular formula is C37H29N3O2. The molecule has 1 aliphatic rings. The van der Waals surface area contributed by atoms with Crippen molar-refractivity contribution in [2.45, 2.75) is 0 Å². The van der Waals surface area contributed by atoms with Crippen molar-refractivity contribution in [3.8, 4) is 45.4 Å². The fourth-order valence-electron chi connectivity index (χ4n) is 5.24. The Balaban J connectivity index is 1.19. The van der Waals surface area contributed by atoms with Crippen LogP contribution in [0.1, 0.15) is 0 Å². The predicted molar refractivity (Wildman–Crippen MR) is 170 cm³/mol. The van der Waals surface area contributed by atoms with E-state index in [2.05, 4.69) is 89.9 Å². The summed E-state index contributed by atoms with van der Waals surface area (Å²) < 4.78 is 12.5. The number of ether oxygens (including phenoxy) is 2. The Bertz CT molecular complexity index is 1900. The van der Waals surface area contributed by atoms with Crippen LogP contribution in [0, 0.1) is 0 Å². The van der Waals surface area contributed by atoms with E-state index in [1.54, 1.807) is 0 Å². The van der Waals surface area contributed by atoms with Crippen LogP contribution < -0.4 is 14.4 Å². The molecule has 0 radical (unpaired) electrons. The number of nitrogens with zero attached hydrogens (tertiary/aromatic N) is 3. The summed E-state index contributed by atoms with van der Waals surface area (Å²) >= 11 is 0. The van der Waals surface area contributed by atoms with Crippen LogP contribution in [0.3, 0.4) is 0 Å². The van der Waals surface area contributed by atoms with Crippen LogP contribution in [0.5, 0.6) is 23.0 Å². The molecular weight excluding hydrogens is 518 g/mol. The van der Waals surface area contributed by atoms with Gasteiger partial charge in [-0.05, 0) is 82.6 Å². The number of hydrogen-bond acceptors (Lipinski definition) is 5. The van der Waals surface area contributed by atoms with Crippen molar-refractivity contribution < 1.29 is 9.47 Å². The van der Waals surface area contributed by atoms with Crippen molar-refractivity contribution in [3.05, 3.63) is 146 Å². The molecule has 5 aromatic carbocycles. The first kappa shape index (κ1) is 25.4. The Kier molecular flexibility index (Phi) is 6.74. The van der Waals surface area contributed by atoms with Gasteiger partial charge in [0.25, 0.3) is 0 Å². The fraction of sp³-hybridized carbons (Fsp3) is 0.0541. The van der Waals surface area contributed by atoms with Gasteiger partial charge in [0.1, 0.15) is 23.0 Å². The summed E-state index contributed by atoms with van der Waals surface area (Å²) in [6.45, 7) is 0.817. The molecule has 0 aliphatic carbocycles. The SMILES string of the molecule is CN1C=CN(c2cccc(Oc3cccc(-c4cc(-c5cc(Oc6ccccc6)cc6ccccc56)ccn4)c3)c2)C1. The van der Waals surface area contributed by atoms with Crippen LogP contribution in [0.15, 0.2) is 146 Å². The Hall–Kier alpha value is -5.55. The number of fused-ring (bicyclic) bond motifs is 1. The second-order valence-electron chi connectivity index (χ2n) is 10.3. The quantitative estimate of drug-likeness (QED) is 0.199. The van der Waals surface area contributed by atoms with Crippen molar-refractivity contribution in [1.29, 1.82) is 0 Å². The van der Waals surface area contributed by atoms with Crippen molar-refractivity contribution in [1.82, 2.24) is 9.88 Å². The van der Waals surface area contributed by atoms with Gasteiger partial charge in [0, 0.05) is 43.0 Å². The molecule has 0 atom stereocenters. The molecule has 5 heteroatoms. The van der Waals surface area contributed by atoms with Gasteiger partial charge in [0.2, 0.25) is 0 Å². The van der Waals surface area contributed by atoms with Crippen molar-refractivity contribution >= 4 is 16.5 Å². The lowest BCUT2D eigenvalue weighted by atomic mass is 9.97. The van der Waals surface area contributed by atoms with E-state index in [1.807, 2.05) is 72.9 Å². The Morgan fingerprint density at radius 1 is 0.595 bits per heavy atom. The highest BCUT2D eigenvalue weighted by Crippen LogP contribution is 2.37. The molecule has 0 saturated carbocycles. The molecule has 7 rings (SSSR count). The average molecular weight is 548 g/mol. The van der Waals surface area contributed by atoms with Gasteiger partial charge in [-0.3, -0.25) is 4.98 Å². The summed E-state index contributed by atoms with van der Waals surface area (Å²) in [5.41, 5.74) is 5.10. The minimum absolute atomic E-state index is 0.759. The third-order valence-corrected chi connectivity index (χ3v) is 7.28. The first-order chi connectivity index (χ1) is 20.7. The molecule has 0 amide bonds. The van der Waals surface area contributed by atoms with E-state index in [1.165, 1.54) is 0 Å². The molecule has 2 heterocycles. The second-order valence-corrected chi connectivity index (χ2v) is 10.3. The van der Waals surface area contributed by atoms with Gasteiger partial charge in [0.15, 0.2) is 0 Å². The molecule has 0 saturated heterocycles. The number of para-hydroxylation sites is 1. The van der Waals surface area contributed by atoms with Gasteiger partial charge in [-0.1, -0.05) is 60.7 Å². The normalized spacial score (nSPS) is 12.6. The van der Waals surface area contributed by atoms with E-state index in [-0.39, 0.29) is 0 Å². The van der Waals surface area contributed by atoms with E-state index in [4.69, 9.17) is 14.5 Å². The zero-order valence-corrected chi connectivity index (χ0v) is 23.2. The average Bonchev–Trinajstić information content (AvgIpc) is 3.48. The van der Waals surface area contributed by atoms with Crippen LogP contribution >= 0.6 is 0 Å². The van der Waals surface area contributed by atoms with Crippen LogP contribution in [0.4, 0.5) is 5.69 Å². The van der Waals surface area contributed by atoms with Crippen LogP contribution in [0.25, 0.3) is 33.2 Å². The third kappa shape index (κ3) is 5.40. The highest BCUT2D eigenvalue weighted by atomic mass is 16.5. The Morgan fingerprint density at radius 2 is 1.36 bits per heavy atom. The lowest BCUT2D eigenvalue weighted by Crippen LogP contribution is -2.21. The maximum absolute atomic E-state index is 6.30. The third-order valence-electron chi connectivity index (χ3n) is 7.28. The lowest BCUT2D eigenvalue weighted by Gasteiger charge is -2.19. The monoisotopic (exact) mass is 547 g/mol. The summed E-state index contributed by atoms with van der Waals surface area (Å²) in [5.74, 6) is 3.15. The predicted octanol–water partition coefficient (Wildman–Crippen LogP) is 9.33. The molecule has 204 valence electrons. The molecule has 0 fully saturated rings. The highest BCUT2D eigenvalue weighted by Gasteiger charge is 2.13. The van der Waals surface area contributed by atoms with Gasteiger partial charge < -0.3 is 19.3 Å². The van der Waals surface area contributed by atoms with Crippen molar-refractivity contribution in [3.63, 3.8) is 0 Å². The molecule has 1 aromatic heterocycles. The summed E-state index contributed by atoms with van der Waals surface area (Å²) in [5, 5.41) is 2.28. The van der Waals surface area contributed by atoms with Crippen LogP contribution in [-0.2, 0) is 0 Å². The molecule has 42 heavy (non-hydrogen) atoms. The number of aromatic nitrogens is 1. The largest absolute Gasteiger partial charge is 0.457 e. The standard InChI is InChI=1S/C37H29N3O2/c1-39-19-20-40(26-39)30-11-8-15-33(24-30)42-32-14-7-10-29(22-32)37-23-28(17-18-38-37)36-25-34(41-31-12-3-2-4-13-31)21-27-9-5-6-16-35(27)36/h2-25H,26H2,1H3. The first-order valence-electron chi connectivity index (χ1n) is 13.9. The lowest BCUT2D eigenvalue weighted by molar-refractivity contribution is 0.481. The minimum atomic E-state index is 0.759. The van der Waals surface area contributed by atoms with Gasteiger partial charge in [-0.25, -0.2) is 0 Å². The summed E-state index contributed by atoms with van der Waals surface area (Å²) in [6, 6.07) is 42.9. The molecule has 0 unspecified atom stereocenters. The highest BCUT2D eigenvalue weighted by molar-refractivity contribution is 5.98. The first-order valence-corrected chi connectivity index (χ1v) is 13.9. The zero-order chi connectivity index (χ0) is 28.3. The topological polar surface area (TPSA) is 37.8 Å². The smallest absolute Gasteiger partial charge is 0.129 e. The van der Waals surface area contributed by atoms with E-state index in [9.17, 15) is 0 Å². The number of rotatable bonds is 7. The molecule has 0 N–H and O–H groups in total. The van der Waals surface area contributed by atoms with Gasteiger partial charge >= 0.3 is 0 Å². The minimum Gasteiger partial charge on any atom is -0.457 e. The Morgan fingerprint density at radius 3 is 2.21 bits per heavy atom. The van der Waals surface area contributed by atoms with E-state index < -0.39 is 0 Å². The van der Waals surface area contributed by atoms with Gasteiger partial charge in [-0.15, -0.1) is 0 Å². The van der Waals surface area contributed by atoms with Gasteiger partial charge in [0.05, 0.1) is 12.4 Å². The van der Waals surface area contributed by atoms with Crippen LogP contribution in [0.2, 0.25) is 0 Å². The van der Waals surface area contributed by atoms with E-state index in [0.29, 0.717) is 0 Å². The molecule has 0 spiro atoms. The molecule has 5 nitrogen and oxygen atoms in total. The van der Waals surface area contributed by atoms with Crippen LogP contribution in [-0.4, -0.2) is 23.6 Å². The maximum atomic E-state index is 6.30. The van der Waals surface area contributed by atoms with E-state index in [0.717, 1.165) is 68.5 Å². The number of pyridine rings is 1. The number of benzene rings is 5. The zero-order valence-electron chi connectivity index (χ0n) is 23.2. The maximum Gasteiger partial charge on any atom is 0.129 e. The number of hydrogen-bond donors (Lipinski definition) is 0. The second kappa shape index (κ2) is 11.1. The summed E-state index contributed by atoms with van der Waals surface area (Å²) in [4.78, 5) is 9.04.